The summed E-state index contributed by atoms with van der Waals surface area (Å²) in [6.45, 7) is 1.93. The molecule has 1 aromatic heterocycles. The molecular formula is C19H24ClN5O. The number of carbonyl (C=O) groups is 1. The van der Waals surface area contributed by atoms with Gasteiger partial charge in [-0.3, -0.25) is 9.79 Å². The fourth-order valence-corrected chi connectivity index (χ4v) is 3.54. The van der Waals surface area contributed by atoms with E-state index in [4.69, 9.17) is 11.6 Å². The van der Waals surface area contributed by atoms with Crippen molar-refractivity contribution in [1.29, 1.82) is 0 Å². The maximum absolute atomic E-state index is 12.2. The van der Waals surface area contributed by atoms with Crippen LogP contribution in [0.1, 0.15) is 11.3 Å². The van der Waals surface area contributed by atoms with Crippen LogP contribution < -0.4 is 10.2 Å². The van der Waals surface area contributed by atoms with Crippen LogP contribution in [0.4, 0.5) is 5.69 Å². The van der Waals surface area contributed by atoms with Crippen molar-refractivity contribution < 1.29 is 4.79 Å². The second-order valence-electron chi connectivity index (χ2n) is 6.44. The lowest BCUT2D eigenvalue weighted by Crippen LogP contribution is -2.43. The minimum Gasteiger partial charge on any atom is -0.354 e. The number of nitrogens with zero attached hydrogens (tertiary/aromatic N) is 4. The highest BCUT2D eigenvalue weighted by Crippen LogP contribution is 2.27. The van der Waals surface area contributed by atoms with Gasteiger partial charge in [0.2, 0.25) is 5.91 Å². The highest BCUT2D eigenvalue weighted by atomic mass is 35.5. The van der Waals surface area contributed by atoms with E-state index in [0.717, 1.165) is 27.9 Å². The van der Waals surface area contributed by atoms with Crippen molar-refractivity contribution in [1.82, 2.24) is 14.8 Å². The molecule has 0 spiro atoms. The maximum Gasteiger partial charge on any atom is 0.231 e. The summed E-state index contributed by atoms with van der Waals surface area (Å²) >= 11 is 6.05. The topological polar surface area (TPSA) is 52.9 Å². The first kappa shape index (κ1) is 18.3. The zero-order valence-corrected chi connectivity index (χ0v) is 16.1. The molecule has 2 heterocycles. The minimum absolute atomic E-state index is 0.148. The molecular weight excluding hydrogens is 350 g/mol. The number of rotatable bonds is 5. The Kier molecular flexibility index (Phi) is 5.52. The zero-order chi connectivity index (χ0) is 18.7. The van der Waals surface area contributed by atoms with Crippen LogP contribution in [0.5, 0.6) is 0 Å². The summed E-state index contributed by atoms with van der Waals surface area (Å²) in [7, 11) is 5.71. The van der Waals surface area contributed by atoms with Gasteiger partial charge in [0.05, 0.1) is 18.0 Å². The Morgan fingerprint density at radius 3 is 2.85 bits per heavy atom. The van der Waals surface area contributed by atoms with Gasteiger partial charge in [-0.1, -0.05) is 29.8 Å². The van der Waals surface area contributed by atoms with Crippen LogP contribution in [0.3, 0.4) is 0 Å². The van der Waals surface area contributed by atoms with Crippen molar-refractivity contribution >= 4 is 29.2 Å². The van der Waals surface area contributed by atoms with E-state index in [9.17, 15) is 4.79 Å². The summed E-state index contributed by atoms with van der Waals surface area (Å²) in [5.74, 6) is 0.928. The van der Waals surface area contributed by atoms with E-state index in [0.29, 0.717) is 26.1 Å². The van der Waals surface area contributed by atoms with Crippen molar-refractivity contribution in [2.45, 2.75) is 13.0 Å². The molecule has 0 atom stereocenters. The quantitative estimate of drug-likeness (QED) is 0.646. The van der Waals surface area contributed by atoms with Crippen molar-refractivity contribution in [2.75, 3.05) is 32.1 Å². The summed E-state index contributed by atoms with van der Waals surface area (Å²) in [4.78, 5) is 20.4. The second-order valence-corrected chi connectivity index (χ2v) is 6.88. The fourth-order valence-electron chi connectivity index (χ4n) is 3.27. The molecule has 1 amide bonds. The molecule has 1 aliphatic heterocycles. The largest absolute Gasteiger partial charge is 0.354 e. The Balaban J connectivity index is 1.56. The van der Waals surface area contributed by atoms with E-state index in [1.165, 1.54) is 0 Å². The van der Waals surface area contributed by atoms with Crippen LogP contribution in [0.25, 0.3) is 0 Å². The molecule has 6 nitrogen and oxygen atoms in total. The fraction of sp³-hybridized carbons (Fsp3) is 0.368. The Bertz CT molecular complexity index is 829. The molecule has 2 aromatic rings. The van der Waals surface area contributed by atoms with Crippen LogP contribution >= 0.6 is 11.6 Å². The van der Waals surface area contributed by atoms with Crippen molar-refractivity contribution in [3.8, 4) is 0 Å². The Morgan fingerprint density at radius 1 is 1.38 bits per heavy atom. The van der Waals surface area contributed by atoms with Gasteiger partial charge >= 0.3 is 0 Å². The number of nitrogens with one attached hydrogen (secondary N) is 1. The molecule has 0 aliphatic carbocycles. The number of hydrogen-bond donors (Lipinski definition) is 1. The number of hydrogen-bond acceptors (Lipinski definition) is 2. The molecule has 0 radical (unpaired) electrons. The van der Waals surface area contributed by atoms with Gasteiger partial charge in [-0.25, -0.2) is 0 Å². The predicted octanol–water partition coefficient (Wildman–Crippen LogP) is 2.28. The smallest absolute Gasteiger partial charge is 0.231 e. The van der Waals surface area contributed by atoms with Gasteiger partial charge in [-0.2, -0.15) is 0 Å². The van der Waals surface area contributed by atoms with Gasteiger partial charge in [0.1, 0.15) is 0 Å². The van der Waals surface area contributed by atoms with E-state index in [1.54, 1.807) is 7.05 Å². The summed E-state index contributed by atoms with van der Waals surface area (Å²) in [6, 6.07) is 9.90. The van der Waals surface area contributed by atoms with Crippen molar-refractivity contribution in [3.05, 3.63) is 52.8 Å². The van der Waals surface area contributed by atoms with Crippen molar-refractivity contribution in [2.24, 2.45) is 12.0 Å². The SMILES string of the molecule is CN=C(NCCN1C(=O)Cc2ccccc21)N(C)Cc1cc(Cl)cn1C. The number of benzene rings is 1. The number of para-hydroxylation sites is 1. The minimum atomic E-state index is 0.148. The molecule has 1 aromatic carbocycles. The number of aliphatic imine (C=N–C) groups is 1. The number of anilines is 1. The Labute approximate surface area is 159 Å². The third-order valence-electron chi connectivity index (χ3n) is 4.59. The lowest BCUT2D eigenvalue weighted by atomic mass is 10.2. The maximum atomic E-state index is 12.2. The van der Waals surface area contributed by atoms with E-state index in [-0.39, 0.29) is 5.91 Å². The van der Waals surface area contributed by atoms with Gasteiger partial charge in [0, 0.05) is 51.8 Å². The molecule has 3 rings (SSSR count). The molecule has 0 fully saturated rings. The average molecular weight is 374 g/mol. The van der Waals surface area contributed by atoms with E-state index in [2.05, 4.69) is 10.3 Å². The average Bonchev–Trinajstić information content (AvgIpc) is 3.09. The molecule has 1 aliphatic rings. The van der Waals surface area contributed by atoms with Crippen LogP contribution in [0.15, 0.2) is 41.5 Å². The molecule has 0 bridgehead atoms. The van der Waals surface area contributed by atoms with Gasteiger partial charge in [-0.05, 0) is 17.7 Å². The predicted molar refractivity (Wildman–Crippen MR) is 106 cm³/mol. The number of guanidine groups is 1. The number of amides is 1. The number of fused-ring (bicyclic) bond motifs is 1. The number of halogens is 1. The molecule has 138 valence electrons. The first-order valence-electron chi connectivity index (χ1n) is 8.60. The summed E-state index contributed by atoms with van der Waals surface area (Å²) < 4.78 is 2.01. The highest BCUT2D eigenvalue weighted by molar-refractivity contribution is 6.30. The van der Waals surface area contributed by atoms with E-state index >= 15 is 0 Å². The normalized spacial score (nSPS) is 13.9. The van der Waals surface area contributed by atoms with Gasteiger partial charge < -0.3 is 19.7 Å². The van der Waals surface area contributed by atoms with Gasteiger partial charge in [0.25, 0.3) is 0 Å². The first-order valence-corrected chi connectivity index (χ1v) is 8.98. The van der Waals surface area contributed by atoms with E-state index < -0.39 is 0 Å². The number of aromatic nitrogens is 1. The summed E-state index contributed by atoms with van der Waals surface area (Å²) in [6.07, 6.45) is 2.37. The number of carbonyl (C=O) groups excluding carboxylic acids is 1. The van der Waals surface area contributed by atoms with Crippen LogP contribution in [0, 0.1) is 0 Å². The monoisotopic (exact) mass is 373 g/mol. The van der Waals surface area contributed by atoms with E-state index in [1.807, 2.05) is 65.0 Å². The molecule has 0 saturated carbocycles. The Morgan fingerprint density at radius 2 is 2.15 bits per heavy atom. The standard InChI is InChI=1S/C19H24ClN5O/c1-21-19(24(3)13-16-11-15(20)12-23(16)2)22-8-9-25-17-7-5-4-6-14(17)10-18(25)26/h4-7,11-12H,8-10,13H2,1-3H3,(H,21,22). The summed E-state index contributed by atoms with van der Waals surface area (Å²) in [5.41, 5.74) is 3.21. The number of aryl methyl sites for hydroxylation is 1. The van der Waals surface area contributed by atoms with Crippen LogP contribution in [-0.2, 0) is 24.8 Å². The second kappa shape index (κ2) is 7.83. The molecule has 1 N–H and O–H groups in total. The van der Waals surface area contributed by atoms with Gasteiger partial charge in [0.15, 0.2) is 5.96 Å². The molecule has 0 saturated heterocycles. The highest BCUT2D eigenvalue weighted by Gasteiger charge is 2.26. The van der Waals surface area contributed by atoms with Crippen LogP contribution in [-0.4, -0.2) is 48.5 Å². The summed E-state index contributed by atoms with van der Waals surface area (Å²) in [5, 5.41) is 4.06. The lowest BCUT2D eigenvalue weighted by Gasteiger charge is -2.24. The molecule has 0 unspecified atom stereocenters. The Hall–Kier alpha value is -2.47. The van der Waals surface area contributed by atoms with Crippen molar-refractivity contribution in [3.63, 3.8) is 0 Å². The molecule has 26 heavy (non-hydrogen) atoms. The molecule has 7 heteroatoms. The lowest BCUT2D eigenvalue weighted by molar-refractivity contribution is -0.117. The first-order chi connectivity index (χ1) is 12.5. The third kappa shape index (κ3) is 3.85. The van der Waals surface area contributed by atoms with Crippen LogP contribution in [0.2, 0.25) is 5.02 Å². The zero-order valence-electron chi connectivity index (χ0n) is 15.4. The van der Waals surface area contributed by atoms with Gasteiger partial charge in [-0.15, -0.1) is 0 Å². The third-order valence-corrected chi connectivity index (χ3v) is 4.80.